The molecule has 0 unspecified atom stereocenters. The molecule has 1 saturated heterocycles. The van der Waals surface area contributed by atoms with E-state index in [0.717, 1.165) is 0 Å². The second-order valence-electron chi connectivity index (χ2n) is 5.58. The summed E-state index contributed by atoms with van der Waals surface area (Å²) in [5.74, 6) is -0.251. The van der Waals surface area contributed by atoms with Gasteiger partial charge in [-0.05, 0) is 18.6 Å². The molecule has 0 aromatic heterocycles. The molecule has 1 aromatic rings. The van der Waals surface area contributed by atoms with E-state index in [9.17, 15) is 18.0 Å². The summed E-state index contributed by atoms with van der Waals surface area (Å²) in [7, 11) is 0. The van der Waals surface area contributed by atoms with Gasteiger partial charge >= 0.3 is 6.18 Å². The van der Waals surface area contributed by atoms with E-state index >= 15 is 0 Å². The number of hydrogen-bond acceptors (Lipinski definition) is 3. The van der Waals surface area contributed by atoms with Gasteiger partial charge in [0.15, 0.2) is 0 Å². The van der Waals surface area contributed by atoms with Gasteiger partial charge in [0.05, 0.1) is 23.9 Å². The number of ether oxygens (including phenoxy) is 1. The maximum absolute atomic E-state index is 12.7. The number of alkyl halides is 3. The van der Waals surface area contributed by atoms with Gasteiger partial charge in [-0.2, -0.15) is 13.2 Å². The molecule has 3 rings (SSSR count). The number of benzene rings is 1. The monoisotopic (exact) mass is 314 g/mol. The van der Waals surface area contributed by atoms with Crippen molar-refractivity contribution < 1.29 is 22.7 Å². The summed E-state index contributed by atoms with van der Waals surface area (Å²) >= 11 is 0. The summed E-state index contributed by atoms with van der Waals surface area (Å²) in [6, 6.07) is 6.76. The number of nitrogens with zero attached hydrogens (tertiary/aromatic N) is 2. The molecular weight excluding hydrogens is 297 g/mol. The van der Waals surface area contributed by atoms with Crippen molar-refractivity contribution in [1.82, 2.24) is 0 Å². The summed E-state index contributed by atoms with van der Waals surface area (Å²) in [6.45, 7) is 0.396. The molecule has 4 nitrogen and oxygen atoms in total. The Labute approximate surface area is 126 Å². The summed E-state index contributed by atoms with van der Waals surface area (Å²) in [4.78, 5) is 15.4. The lowest BCUT2D eigenvalue weighted by Crippen LogP contribution is -2.48. The molecule has 0 N–H and O–H groups in total. The molecule has 2 aliphatic rings. The lowest BCUT2D eigenvalue weighted by atomic mass is 10.1. The Kier molecular flexibility index (Phi) is 3.99. The van der Waals surface area contributed by atoms with Crippen LogP contribution in [-0.4, -0.2) is 44.9 Å². The van der Waals surface area contributed by atoms with Crippen LogP contribution in [0.15, 0.2) is 24.3 Å². The minimum absolute atomic E-state index is 0.0587. The van der Waals surface area contributed by atoms with Crippen LogP contribution >= 0.6 is 0 Å². The quantitative estimate of drug-likeness (QED) is 0.840. The van der Waals surface area contributed by atoms with Gasteiger partial charge in [0.2, 0.25) is 5.91 Å². The van der Waals surface area contributed by atoms with E-state index in [-0.39, 0.29) is 24.9 Å². The van der Waals surface area contributed by atoms with Gasteiger partial charge in [-0.3, -0.25) is 4.79 Å². The highest BCUT2D eigenvalue weighted by Gasteiger charge is 2.37. The summed E-state index contributed by atoms with van der Waals surface area (Å²) in [5, 5.41) is 0. The number of hydrogen-bond donors (Lipinski definition) is 0. The smallest absolute Gasteiger partial charge is 0.381 e. The first-order valence-electron chi connectivity index (χ1n) is 7.25. The van der Waals surface area contributed by atoms with Crippen LogP contribution in [0.2, 0.25) is 0 Å². The van der Waals surface area contributed by atoms with Crippen molar-refractivity contribution in [3.63, 3.8) is 0 Å². The van der Waals surface area contributed by atoms with Crippen molar-refractivity contribution in [3.8, 4) is 0 Å². The van der Waals surface area contributed by atoms with E-state index in [2.05, 4.69) is 0 Å². The van der Waals surface area contributed by atoms with E-state index in [1.54, 1.807) is 29.2 Å². The molecule has 1 aromatic carbocycles. The Morgan fingerprint density at radius 3 is 2.59 bits per heavy atom. The minimum Gasteiger partial charge on any atom is -0.381 e. The second kappa shape index (κ2) is 5.79. The molecule has 0 aliphatic carbocycles. The van der Waals surface area contributed by atoms with Gasteiger partial charge in [0, 0.05) is 19.7 Å². The average molecular weight is 314 g/mol. The number of rotatable bonds is 2. The highest BCUT2D eigenvalue weighted by Crippen LogP contribution is 2.35. The SMILES string of the molecule is O=C([C@H]1CCOC1)N1CCN(CC(F)(F)F)c2ccccc21. The lowest BCUT2D eigenvalue weighted by molar-refractivity contribution is -0.122. The number of carbonyl (C=O) groups is 1. The summed E-state index contributed by atoms with van der Waals surface area (Å²) < 4.78 is 43.3. The number of para-hydroxylation sites is 2. The van der Waals surface area contributed by atoms with Crippen molar-refractivity contribution >= 4 is 17.3 Å². The first-order valence-corrected chi connectivity index (χ1v) is 7.25. The number of halogens is 3. The van der Waals surface area contributed by atoms with Crippen molar-refractivity contribution in [1.29, 1.82) is 0 Å². The molecule has 2 heterocycles. The predicted octanol–water partition coefficient (Wildman–Crippen LogP) is 2.44. The van der Waals surface area contributed by atoms with Gasteiger partial charge in [0.25, 0.3) is 0 Å². The fraction of sp³-hybridized carbons (Fsp3) is 0.533. The second-order valence-corrected chi connectivity index (χ2v) is 5.58. The molecule has 0 bridgehead atoms. The molecule has 0 spiro atoms. The van der Waals surface area contributed by atoms with Crippen molar-refractivity contribution in [3.05, 3.63) is 24.3 Å². The number of carbonyl (C=O) groups excluding carboxylic acids is 1. The van der Waals surface area contributed by atoms with Gasteiger partial charge in [-0.15, -0.1) is 0 Å². The van der Waals surface area contributed by atoms with Crippen molar-refractivity contribution in [2.45, 2.75) is 12.6 Å². The van der Waals surface area contributed by atoms with Crippen LogP contribution in [0.5, 0.6) is 0 Å². The lowest BCUT2D eigenvalue weighted by Gasteiger charge is -2.38. The third-order valence-corrected chi connectivity index (χ3v) is 4.02. The first-order chi connectivity index (χ1) is 10.5. The topological polar surface area (TPSA) is 32.8 Å². The van der Waals surface area contributed by atoms with Crippen molar-refractivity contribution in [2.24, 2.45) is 5.92 Å². The Morgan fingerprint density at radius 1 is 1.23 bits per heavy atom. The zero-order valence-electron chi connectivity index (χ0n) is 12.0. The zero-order valence-corrected chi connectivity index (χ0v) is 12.0. The van der Waals surface area contributed by atoms with Crippen LogP contribution in [0.4, 0.5) is 24.5 Å². The molecule has 120 valence electrons. The fourth-order valence-corrected chi connectivity index (χ4v) is 2.98. The summed E-state index contributed by atoms with van der Waals surface area (Å²) in [5.41, 5.74) is 1.01. The maximum atomic E-state index is 12.7. The van der Waals surface area contributed by atoms with Gasteiger partial charge in [-0.25, -0.2) is 0 Å². The Balaban J connectivity index is 1.85. The largest absolute Gasteiger partial charge is 0.405 e. The molecular formula is C15H17F3N2O2. The van der Waals surface area contributed by atoms with Crippen LogP contribution in [0, 0.1) is 5.92 Å². The van der Waals surface area contributed by atoms with E-state index in [0.29, 0.717) is 31.0 Å². The highest BCUT2D eigenvalue weighted by atomic mass is 19.4. The molecule has 1 atom stereocenters. The first kappa shape index (κ1) is 15.1. The van der Waals surface area contributed by atoms with Crippen LogP contribution in [0.1, 0.15) is 6.42 Å². The zero-order chi connectivity index (χ0) is 15.7. The van der Waals surface area contributed by atoms with E-state index in [1.165, 1.54) is 4.90 Å². The molecule has 0 radical (unpaired) electrons. The molecule has 7 heteroatoms. The van der Waals surface area contributed by atoms with Gasteiger partial charge in [-0.1, -0.05) is 12.1 Å². The Morgan fingerprint density at radius 2 is 1.95 bits per heavy atom. The summed E-state index contributed by atoms with van der Waals surface area (Å²) in [6.07, 6.45) is -3.59. The van der Waals surface area contributed by atoms with Crippen LogP contribution in [0.3, 0.4) is 0 Å². The maximum Gasteiger partial charge on any atom is 0.405 e. The fourth-order valence-electron chi connectivity index (χ4n) is 2.98. The van der Waals surface area contributed by atoms with Gasteiger partial charge in [0.1, 0.15) is 6.54 Å². The Hall–Kier alpha value is -1.76. The van der Waals surface area contributed by atoms with E-state index in [4.69, 9.17) is 4.74 Å². The molecule has 2 aliphatic heterocycles. The molecule has 22 heavy (non-hydrogen) atoms. The van der Waals surface area contributed by atoms with Crippen LogP contribution in [-0.2, 0) is 9.53 Å². The Bertz CT molecular complexity index is 556. The standard InChI is InChI=1S/C15H17F3N2O2/c16-15(17,18)10-19-6-7-20(13-4-2-1-3-12(13)19)14(21)11-5-8-22-9-11/h1-4,11H,5-10H2/t11-/m0/s1. The van der Waals surface area contributed by atoms with Crippen LogP contribution < -0.4 is 9.80 Å². The third-order valence-electron chi connectivity index (χ3n) is 4.02. The highest BCUT2D eigenvalue weighted by molar-refractivity contribution is 5.99. The van der Waals surface area contributed by atoms with Crippen LogP contribution in [0.25, 0.3) is 0 Å². The third kappa shape index (κ3) is 3.04. The number of amides is 1. The number of fused-ring (bicyclic) bond motifs is 1. The number of anilines is 2. The molecule has 1 amide bonds. The van der Waals surface area contributed by atoms with E-state index in [1.807, 2.05) is 0 Å². The normalized spacial score (nSPS) is 21.9. The average Bonchev–Trinajstić information content (AvgIpc) is 3.00. The molecule has 1 fully saturated rings. The minimum atomic E-state index is -4.27. The van der Waals surface area contributed by atoms with Gasteiger partial charge < -0.3 is 14.5 Å². The van der Waals surface area contributed by atoms with E-state index < -0.39 is 12.7 Å². The molecule has 0 saturated carbocycles. The predicted molar refractivity (Wildman–Crippen MR) is 76.0 cm³/mol. The van der Waals surface area contributed by atoms with Crippen molar-refractivity contribution in [2.75, 3.05) is 42.6 Å².